The number of ether oxygens (including phenoxy) is 1. The summed E-state index contributed by atoms with van der Waals surface area (Å²) in [5.74, 6) is -0.00312. The van der Waals surface area contributed by atoms with Crippen LogP contribution in [0.15, 0.2) is 0 Å². The van der Waals surface area contributed by atoms with E-state index in [1.165, 1.54) is 23.4 Å². The van der Waals surface area contributed by atoms with Crippen LogP contribution in [0.5, 0.6) is 0 Å². The van der Waals surface area contributed by atoms with Gasteiger partial charge >= 0.3 is 0 Å². The van der Waals surface area contributed by atoms with Crippen molar-refractivity contribution in [1.29, 1.82) is 0 Å². The van der Waals surface area contributed by atoms with Crippen LogP contribution in [0.3, 0.4) is 0 Å². The minimum atomic E-state index is -0.849. The minimum absolute atomic E-state index is 0.00312. The largest absolute Gasteiger partial charge is 0.378 e. The van der Waals surface area contributed by atoms with Crippen molar-refractivity contribution in [3.63, 3.8) is 0 Å². The molecule has 5 nitrogen and oxygen atoms in total. The van der Waals surface area contributed by atoms with Gasteiger partial charge < -0.3 is 15.4 Å². The lowest BCUT2D eigenvalue weighted by atomic mass is 9.54. The van der Waals surface area contributed by atoms with Crippen LogP contribution in [0.4, 0.5) is 0 Å². The number of aromatic nitrogens is 1. The molecule has 0 aromatic carbocycles. The fourth-order valence-electron chi connectivity index (χ4n) is 3.89. The van der Waals surface area contributed by atoms with Crippen LogP contribution in [0, 0.1) is 5.41 Å². The molecule has 134 valence electrons. The van der Waals surface area contributed by atoms with E-state index in [2.05, 4.69) is 0 Å². The van der Waals surface area contributed by atoms with Crippen LogP contribution >= 0.6 is 11.3 Å². The lowest BCUT2D eigenvalue weighted by Gasteiger charge is -2.58. The number of nitrogens with zero attached hydrogens (tertiary/aromatic N) is 2. The number of rotatable bonds is 5. The van der Waals surface area contributed by atoms with Crippen molar-refractivity contribution in [2.75, 3.05) is 13.7 Å². The number of amides is 1. The number of carbonyl (C=O) groups excluding carboxylic acids is 1. The molecule has 3 rings (SSSR count). The van der Waals surface area contributed by atoms with Gasteiger partial charge in [0.2, 0.25) is 5.91 Å². The monoisotopic (exact) mass is 351 g/mol. The maximum absolute atomic E-state index is 13.0. The van der Waals surface area contributed by atoms with Crippen molar-refractivity contribution in [2.24, 2.45) is 11.1 Å². The minimum Gasteiger partial charge on any atom is -0.378 e. The Kier molecular flexibility index (Phi) is 4.75. The summed E-state index contributed by atoms with van der Waals surface area (Å²) < 4.78 is 5.73. The molecule has 2 aliphatic carbocycles. The average Bonchev–Trinajstić information content (AvgIpc) is 2.95. The Morgan fingerprint density at radius 2 is 2.12 bits per heavy atom. The van der Waals surface area contributed by atoms with Crippen LogP contribution in [-0.4, -0.2) is 41.1 Å². The number of likely N-dealkylation sites (N-methyl/N-ethyl adjacent to an activating group) is 1. The molecule has 1 amide bonds. The zero-order valence-electron chi connectivity index (χ0n) is 15.2. The van der Waals surface area contributed by atoms with Gasteiger partial charge in [0.15, 0.2) is 0 Å². The fourth-order valence-corrected chi connectivity index (χ4v) is 5.10. The number of fused-ring (bicyclic) bond motifs is 1. The molecule has 2 aliphatic rings. The highest BCUT2D eigenvalue weighted by Crippen LogP contribution is 2.50. The maximum atomic E-state index is 13.0. The van der Waals surface area contributed by atoms with Crippen molar-refractivity contribution in [1.82, 2.24) is 9.88 Å². The van der Waals surface area contributed by atoms with Crippen LogP contribution in [0.2, 0.25) is 0 Å². The van der Waals surface area contributed by atoms with Gasteiger partial charge in [0.25, 0.3) is 0 Å². The molecule has 2 atom stereocenters. The third-order valence-corrected chi connectivity index (χ3v) is 6.96. The first-order valence-corrected chi connectivity index (χ1v) is 9.74. The smallest absolute Gasteiger partial charge is 0.243 e. The molecular formula is C18H29N3O2S. The highest BCUT2D eigenvalue weighted by molar-refractivity contribution is 7.11. The molecule has 1 saturated carbocycles. The first kappa shape index (κ1) is 17.8. The number of thiazole rings is 1. The predicted molar refractivity (Wildman–Crippen MR) is 96.0 cm³/mol. The van der Waals surface area contributed by atoms with Crippen molar-refractivity contribution < 1.29 is 9.53 Å². The summed E-state index contributed by atoms with van der Waals surface area (Å²) >= 11 is 1.76. The molecule has 24 heavy (non-hydrogen) atoms. The number of hydrogen-bond donors (Lipinski definition) is 1. The van der Waals surface area contributed by atoms with Gasteiger partial charge in [-0.15, -0.1) is 11.3 Å². The fraction of sp³-hybridized carbons (Fsp3) is 0.778. The molecule has 0 saturated heterocycles. The Labute approximate surface area is 148 Å². The number of nitrogens with two attached hydrogens (primary N) is 1. The Bertz CT molecular complexity index is 604. The Hall–Kier alpha value is -0.980. The topological polar surface area (TPSA) is 68.5 Å². The predicted octanol–water partition coefficient (Wildman–Crippen LogP) is 2.51. The third-order valence-electron chi connectivity index (χ3n) is 5.82. The zero-order chi connectivity index (χ0) is 17.5. The van der Waals surface area contributed by atoms with Gasteiger partial charge in [-0.25, -0.2) is 4.98 Å². The van der Waals surface area contributed by atoms with Gasteiger partial charge in [-0.2, -0.15) is 0 Å². The van der Waals surface area contributed by atoms with E-state index < -0.39 is 5.54 Å². The summed E-state index contributed by atoms with van der Waals surface area (Å²) in [5, 5.41) is 1.03. The molecule has 2 unspecified atom stereocenters. The molecule has 1 heterocycles. The van der Waals surface area contributed by atoms with Crippen molar-refractivity contribution in [2.45, 2.75) is 71.1 Å². The van der Waals surface area contributed by atoms with E-state index in [1.807, 2.05) is 27.8 Å². The lowest BCUT2D eigenvalue weighted by Crippen LogP contribution is -2.75. The zero-order valence-corrected chi connectivity index (χ0v) is 16.0. The van der Waals surface area contributed by atoms with Gasteiger partial charge in [0.1, 0.15) is 10.5 Å². The van der Waals surface area contributed by atoms with Crippen LogP contribution in [0.25, 0.3) is 0 Å². The molecule has 6 heteroatoms. The van der Waals surface area contributed by atoms with Gasteiger partial charge in [0.05, 0.1) is 18.3 Å². The normalized spacial score (nSPS) is 28.1. The SMILES string of the molecule is CCOC1CC(N)(C(=O)N(C)Cc2nc3c(s2)CCCC3)C1(C)C. The molecular weight excluding hydrogens is 322 g/mol. The molecule has 2 N–H and O–H groups in total. The summed E-state index contributed by atoms with van der Waals surface area (Å²) in [6.45, 7) is 7.24. The molecule has 0 aliphatic heterocycles. The molecule has 1 aromatic rings. The van der Waals surface area contributed by atoms with Gasteiger partial charge in [-0.3, -0.25) is 4.79 Å². The summed E-state index contributed by atoms with van der Waals surface area (Å²) in [4.78, 5) is 20.9. The third kappa shape index (κ3) is 2.78. The summed E-state index contributed by atoms with van der Waals surface area (Å²) in [6, 6.07) is 0. The van der Waals surface area contributed by atoms with Gasteiger partial charge in [0, 0.05) is 30.4 Å². The summed E-state index contributed by atoms with van der Waals surface area (Å²) in [5.41, 5.74) is 6.55. The summed E-state index contributed by atoms with van der Waals surface area (Å²) in [7, 11) is 1.83. The first-order chi connectivity index (χ1) is 11.3. The second kappa shape index (κ2) is 6.39. The highest BCUT2D eigenvalue weighted by atomic mass is 32.1. The number of hydrogen-bond acceptors (Lipinski definition) is 5. The average molecular weight is 352 g/mol. The van der Waals surface area contributed by atoms with Gasteiger partial charge in [-0.1, -0.05) is 13.8 Å². The Morgan fingerprint density at radius 3 is 2.75 bits per heavy atom. The quantitative estimate of drug-likeness (QED) is 0.885. The molecule has 1 fully saturated rings. The van der Waals surface area contributed by atoms with Crippen molar-refractivity contribution in [3.8, 4) is 0 Å². The highest BCUT2D eigenvalue weighted by Gasteiger charge is 2.63. The van der Waals surface area contributed by atoms with Crippen LogP contribution in [-0.2, 0) is 28.9 Å². The van der Waals surface area contributed by atoms with Gasteiger partial charge in [-0.05, 0) is 32.6 Å². The van der Waals surface area contributed by atoms with E-state index in [4.69, 9.17) is 15.5 Å². The summed E-state index contributed by atoms with van der Waals surface area (Å²) in [6.07, 6.45) is 5.33. The van der Waals surface area contributed by atoms with Crippen molar-refractivity contribution >= 4 is 17.2 Å². The lowest BCUT2D eigenvalue weighted by molar-refractivity contribution is -0.178. The number of carbonyl (C=O) groups is 1. The van der Waals surface area contributed by atoms with Crippen LogP contribution < -0.4 is 5.73 Å². The van der Waals surface area contributed by atoms with E-state index in [9.17, 15) is 4.79 Å². The second-order valence-electron chi connectivity index (χ2n) is 7.69. The Morgan fingerprint density at radius 1 is 1.42 bits per heavy atom. The Balaban J connectivity index is 1.68. The van der Waals surface area contributed by atoms with E-state index >= 15 is 0 Å². The standard InChI is InChI=1S/C18H29N3O2S/c1-5-23-14-10-18(19,17(14,2)3)16(22)21(4)11-15-20-12-8-6-7-9-13(12)24-15/h14H,5-11,19H2,1-4H3. The maximum Gasteiger partial charge on any atom is 0.243 e. The molecule has 0 spiro atoms. The van der Waals surface area contributed by atoms with E-state index in [0.717, 1.165) is 17.8 Å². The molecule has 0 radical (unpaired) electrons. The second-order valence-corrected chi connectivity index (χ2v) is 8.86. The first-order valence-electron chi connectivity index (χ1n) is 8.93. The number of aryl methyl sites for hydroxylation is 2. The van der Waals surface area contributed by atoms with E-state index in [0.29, 0.717) is 19.6 Å². The van der Waals surface area contributed by atoms with E-state index in [1.54, 1.807) is 16.2 Å². The van der Waals surface area contributed by atoms with Crippen LogP contribution in [0.1, 0.15) is 55.6 Å². The molecule has 0 bridgehead atoms. The van der Waals surface area contributed by atoms with E-state index in [-0.39, 0.29) is 17.4 Å². The molecule has 1 aromatic heterocycles. The van der Waals surface area contributed by atoms with Crippen molar-refractivity contribution in [3.05, 3.63) is 15.6 Å².